The van der Waals surface area contributed by atoms with Crippen molar-refractivity contribution in [1.82, 2.24) is 4.98 Å². The molecule has 1 aromatic heterocycles. The van der Waals surface area contributed by atoms with Crippen LogP contribution >= 0.6 is 0 Å². The van der Waals surface area contributed by atoms with Crippen LogP contribution in [0.1, 0.15) is 44.4 Å². The molecule has 0 unspecified atom stereocenters. The van der Waals surface area contributed by atoms with Gasteiger partial charge < -0.3 is 19.6 Å². The molecule has 3 aromatic rings. The van der Waals surface area contributed by atoms with Crippen molar-refractivity contribution in [2.75, 3.05) is 6.61 Å². The molecule has 0 radical (unpaired) electrons. The van der Waals surface area contributed by atoms with Gasteiger partial charge >= 0.3 is 5.97 Å². The van der Waals surface area contributed by atoms with Crippen LogP contribution in [-0.4, -0.2) is 28.3 Å². The Bertz CT molecular complexity index is 939. The van der Waals surface area contributed by atoms with Crippen molar-refractivity contribution in [2.24, 2.45) is 0 Å². The van der Waals surface area contributed by atoms with Crippen molar-refractivity contribution in [2.45, 2.75) is 45.3 Å². The SMILES string of the molecule is CC(C)(C)OC(=O)COc1cccc([C@H](O)CCc2c[nH]c3ccccc23)c1. The molecule has 1 atom stereocenters. The molecular weight excluding hydrogens is 354 g/mol. The number of hydrogen-bond donors (Lipinski definition) is 2. The van der Waals surface area contributed by atoms with Gasteiger partial charge in [-0.2, -0.15) is 0 Å². The van der Waals surface area contributed by atoms with E-state index in [1.807, 2.05) is 57.3 Å². The lowest BCUT2D eigenvalue weighted by molar-refractivity contribution is -0.157. The molecule has 2 N–H and O–H groups in total. The summed E-state index contributed by atoms with van der Waals surface area (Å²) < 4.78 is 10.8. The van der Waals surface area contributed by atoms with Crippen LogP contribution in [0.2, 0.25) is 0 Å². The lowest BCUT2D eigenvalue weighted by Crippen LogP contribution is -2.27. The molecule has 0 aliphatic heterocycles. The average Bonchev–Trinajstić information content (AvgIpc) is 3.06. The average molecular weight is 381 g/mol. The third-order valence-corrected chi connectivity index (χ3v) is 4.38. The first-order chi connectivity index (χ1) is 13.3. The molecule has 28 heavy (non-hydrogen) atoms. The van der Waals surface area contributed by atoms with Gasteiger partial charge in [0.25, 0.3) is 0 Å². The van der Waals surface area contributed by atoms with Crippen LogP contribution in [0.15, 0.2) is 54.7 Å². The van der Waals surface area contributed by atoms with Crippen molar-refractivity contribution < 1.29 is 19.4 Å². The minimum Gasteiger partial charge on any atom is -0.482 e. The minimum absolute atomic E-state index is 0.161. The Balaban J connectivity index is 1.57. The van der Waals surface area contributed by atoms with E-state index < -0.39 is 17.7 Å². The minimum atomic E-state index is -0.612. The quantitative estimate of drug-likeness (QED) is 0.589. The molecule has 2 aromatic carbocycles. The molecule has 5 nitrogen and oxygen atoms in total. The van der Waals surface area contributed by atoms with E-state index >= 15 is 0 Å². The van der Waals surface area contributed by atoms with Crippen LogP contribution in [-0.2, 0) is 16.0 Å². The van der Waals surface area contributed by atoms with Crippen LogP contribution in [0, 0.1) is 0 Å². The highest BCUT2D eigenvalue weighted by Crippen LogP contribution is 2.25. The number of aliphatic hydroxyl groups excluding tert-OH is 1. The number of aromatic nitrogens is 1. The molecule has 148 valence electrons. The van der Waals surface area contributed by atoms with Crippen molar-refractivity contribution in [1.29, 1.82) is 0 Å². The monoisotopic (exact) mass is 381 g/mol. The predicted octanol–water partition coefficient (Wildman–Crippen LogP) is 4.55. The van der Waals surface area contributed by atoms with Crippen LogP contribution in [0.25, 0.3) is 10.9 Å². The van der Waals surface area contributed by atoms with Crippen LogP contribution in [0.3, 0.4) is 0 Å². The first-order valence-corrected chi connectivity index (χ1v) is 9.49. The predicted molar refractivity (Wildman–Crippen MR) is 109 cm³/mol. The Morgan fingerprint density at radius 2 is 1.93 bits per heavy atom. The van der Waals surface area contributed by atoms with Crippen molar-refractivity contribution in [3.8, 4) is 5.75 Å². The first-order valence-electron chi connectivity index (χ1n) is 9.49. The van der Waals surface area contributed by atoms with E-state index in [9.17, 15) is 9.90 Å². The molecule has 0 fully saturated rings. The molecule has 1 heterocycles. The number of aliphatic hydroxyl groups is 1. The standard InChI is InChI=1S/C23H27NO4/c1-23(2,3)28-22(26)15-27-18-8-6-7-16(13-18)21(25)12-11-17-14-24-20-10-5-4-9-19(17)20/h4-10,13-14,21,24-25H,11-12,15H2,1-3H3/t21-/m1/s1. The summed E-state index contributed by atoms with van der Waals surface area (Å²) in [5.41, 5.74) is 2.51. The molecule has 0 bridgehead atoms. The van der Waals surface area contributed by atoms with Gasteiger partial charge in [-0.15, -0.1) is 0 Å². The van der Waals surface area contributed by atoms with Crippen LogP contribution < -0.4 is 4.74 Å². The van der Waals surface area contributed by atoms with E-state index in [0.29, 0.717) is 12.2 Å². The Hall–Kier alpha value is -2.79. The molecule has 0 aliphatic rings. The zero-order chi connectivity index (χ0) is 20.1. The number of H-pyrrole nitrogens is 1. The number of carbonyl (C=O) groups is 1. The number of ether oxygens (including phenoxy) is 2. The van der Waals surface area contributed by atoms with Gasteiger partial charge in [0.2, 0.25) is 0 Å². The number of benzene rings is 2. The highest BCUT2D eigenvalue weighted by molar-refractivity contribution is 5.83. The second-order valence-electron chi connectivity index (χ2n) is 7.86. The Kier molecular flexibility index (Phi) is 6.05. The normalized spacial score (nSPS) is 12.7. The molecule has 0 saturated heterocycles. The van der Waals surface area contributed by atoms with Crippen LogP contribution in [0.5, 0.6) is 5.75 Å². The summed E-state index contributed by atoms with van der Waals surface area (Å²) in [6, 6.07) is 15.3. The lowest BCUT2D eigenvalue weighted by Gasteiger charge is -2.19. The molecule has 0 spiro atoms. The number of hydrogen-bond acceptors (Lipinski definition) is 4. The number of aryl methyl sites for hydroxylation is 1. The molecule has 0 saturated carbocycles. The summed E-state index contributed by atoms with van der Waals surface area (Å²) in [4.78, 5) is 15.1. The van der Waals surface area contributed by atoms with Gasteiger partial charge in [-0.25, -0.2) is 4.79 Å². The summed E-state index contributed by atoms with van der Waals surface area (Å²) in [7, 11) is 0. The number of nitrogens with one attached hydrogen (secondary N) is 1. The van der Waals surface area contributed by atoms with E-state index in [1.165, 1.54) is 10.9 Å². The number of fused-ring (bicyclic) bond motifs is 1. The van der Waals surface area contributed by atoms with Gasteiger partial charge in [0.1, 0.15) is 11.4 Å². The topological polar surface area (TPSA) is 71.6 Å². The van der Waals surface area contributed by atoms with E-state index in [4.69, 9.17) is 9.47 Å². The summed E-state index contributed by atoms with van der Waals surface area (Å²) >= 11 is 0. The Morgan fingerprint density at radius 1 is 1.14 bits per heavy atom. The molecule has 5 heteroatoms. The second-order valence-corrected chi connectivity index (χ2v) is 7.86. The van der Waals surface area contributed by atoms with Gasteiger partial charge in [0.05, 0.1) is 6.10 Å². The highest BCUT2D eigenvalue weighted by Gasteiger charge is 2.17. The molecular formula is C23H27NO4. The summed E-state index contributed by atoms with van der Waals surface area (Å²) in [5, 5.41) is 11.8. The smallest absolute Gasteiger partial charge is 0.344 e. The fourth-order valence-corrected chi connectivity index (χ4v) is 3.12. The number of para-hydroxylation sites is 1. The maximum Gasteiger partial charge on any atom is 0.344 e. The maximum atomic E-state index is 11.8. The fourth-order valence-electron chi connectivity index (χ4n) is 3.12. The van der Waals surface area contributed by atoms with E-state index in [0.717, 1.165) is 17.5 Å². The van der Waals surface area contributed by atoms with Crippen molar-refractivity contribution in [3.63, 3.8) is 0 Å². The number of rotatable bonds is 7. The van der Waals surface area contributed by atoms with E-state index in [1.54, 1.807) is 12.1 Å². The fraction of sp³-hybridized carbons (Fsp3) is 0.348. The Morgan fingerprint density at radius 3 is 2.71 bits per heavy atom. The highest BCUT2D eigenvalue weighted by atomic mass is 16.6. The summed E-state index contributed by atoms with van der Waals surface area (Å²) in [6.07, 6.45) is 2.74. The Labute approximate surface area is 165 Å². The van der Waals surface area contributed by atoms with Gasteiger partial charge in [-0.1, -0.05) is 30.3 Å². The van der Waals surface area contributed by atoms with Gasteiger partial charge in [-0.3, -0.25) is 0 Å². The lowest BCUT2D eigenvalue weighted by atomic mass is 10.0. The van der Waals surface area contributed by atoms with Gasteiger partial charge in [0.15, 0.2) is 6.61 Å². The largest absolute Gasteiger partial charge is 0.482 e. The zero-order valence-electron chi connectivity index (χ0n) is 16.6. The molecule has 3 rings (SSSR count). The second kappa shape index (κ2) is 8.48. The van der Waals surface area contributed by atoms with Gasteiger partial charge in [0, 0.05) is 17.1 Å². The third kappa shape index (κ3) is 5.36. The molecule has 0 aliphatic carbocycles. The van der Waals surface area contributed by atoms with E-state index in [-0.39, 0.29) is 6.61 Å². The zero-order valence-corrected chi connectivity index (χ0v) is 16.6. The summed E-state index contributed by atoms with van der Waals surface area (Å²) in [5.74, 6) is 0.118. The summed E-state index contributed by atoms with van der Waals surface area (Å²) in [6.45, 7) is 5.28. The third-order valence-electron chi connectivity index (χ3n) is 4.38. The first kappa shape index (κ1) is 20.0. The van der Waals surface area contributed by atoms with Crippen LogP contribution in [0.4, 0.5) is 0 Å². The van der Waals surface area contributed by atoms with E-state index in [2.05, 4.69) is 11.1 Å². The maximum absolute atomic E-state index is 11.8. The van der Waals surface area contributed by atoms with Crippen molar-refractivity contribution in [3.05, 3.63) is 65.9 Å². The number of esters is 1. The number of aromatic amines is 1. The van der Waals surface area contributed by atoms with Gasteiger partial charge in [-0.05, 0) is 62.9 Å². The molecule has 0 amide bonds. The number of carbonyl (C=O) groups excluding carboxylic acids is 1. The van der Waals surface area contributed by atoms with Crippen molar-refractivity contribution >= 4 is 16.9 Å².